The van der Waals surface area contributed by atoms with Gasteiger partial charge in [-0.2, -0.15) is 0 Å². The summed E-state index contributed by atoms with van der Waals surface area (Å²) in [6.45, 7) is 1.27. The highest BCUT2D eigenvalue weighted by Crippen LogP contribution is 2.40. The van der Waals surface area contributed by atoms with Gasteiger partial charge in [-0.3, -0.25) is 0 Å². The molecule has 0 spiro atoms. The van der Waals surface area contributed by atoms with Crippen molar-refractivity contribution in [2.24, 2.45) is 0 Å². The molecule has 0 fully saturated rings. The highest BCUT2D eigenvalue weighted by atomic mass is 79.9. The number of halogens is 2. The van der Waals surface area contributed by atoms with Gasteiger partial charge in [0.15, 0.2) is 11.5 Å². The maximum Gasteiger partial charge on any atom is 0.162 e. The van der Waals surface area contributed by atoms with Crippen LogP contribution in [0.25, 0.3) is 0 Å². The fourth-order valence-corrected chi connectivity index (χ4v) is 3.31. The summed E-state index contributed by atoms with van der Waals surface area (Å²) in [5, 5.41) is 10.7. The summed E-state index contributed by atoms with van der Waals surface area (Å²) in [7, 11) is 0. The Labute approximate surface area is 140 Å². The van der Waals surface area contributed by atoms with Gasteiger partial charge in [-0.1, -0.05) is 50.1 Å². The van der Waals surface area contributed by atoms with Crippen molar-refractivity contribution in [3.63, 3.8) is 0 Å². The first-order valence-electron chi connectivity index (χ1n) is 6.68. The second kappa shape index (κ2) is 6.38. The molecule has 1 heterocycles. The maximum atomic E-state index is 10.7. The molecule has 3 rings (SSSR count). The van der Waals surface area contributed by atoms with Crippen molar-refractivity contribution in [3.8, 4) is 11.5 Å². The van der Waals surface area contributed by atoms with E-state index in [0.717, 1.165) is 26.5 Å². The van der Waals surface area contributed by atoms with Gasteiger partial charge in [0, 0.05) is 20.9 Å². The van der Waals surface area contributed by atoms with Gasteiger partial charge in [0.05, 0.1) is 13.2 Å². The van der Waals surface area contributed by atoms with Gasteiger partial charge in [0.25, 0.3) is 0 Å². The predicted octanol–water partition coefficient (Wildman–Crippen LogP) is 4.45. The standard InChI is InChI=1S/C16H14Br2O3/c17-12-5-2-1-4-10(12)16(19)11-8-14-15(9-13(11)18)21-7-3-6-20-14/h1-2,4-5,8-9,16,19H,3,6-7H2. The van der Waals surface area contributed by atoms with Crippen molar-refractivity contribution in [2.75, 3.05) is 13.2 Å². The van der Waals surface area contributed by atoms with Gasteiger partial charge in [-0.25, -0.2) is 0 Å². The highest BCUT2D eigenvalue weighted by Gasteiger charge is 2.20. The van der Waals surface area contributed by atoms with Gasteiger partial charge < -0.3 is 14.6 Å². The molecule has 1 N–H and O–H groups in total. The third kappa shape index (κ3) is 3.10. The molecule has 1 aliphatic rings. The Bertz CT molecular complexity index is 658. The molecule has 0 bridgehead atoms. The normalized spacial score (nSPS) is 15.4. The first-order chi connectivity index (χ1) is 10.2. The van der Waals surface area contributed by atoms with E-state index in [2.05, 4.69) is 31.9 Å². The van der Waals surface area contributed by atoms with Crippen molar-refractivity contribution in [3.05, 3.63) is 56.5 Å². The van der Waals surface area contributed by atoms with E-state index in [0.29, 0.717) is 24.7 Å². The van der Waals surface area contributed by atoms with Crippen molar-refractivity contribution < 1.29 is 14.6 Å². The molecule has 1 aliphatic heterocycles. The van der Waals surface area contributed by atoms with Crippen LogP contribution >= 0.6 is 31.9 Å². The molecule has 2 aromatic rings. The summed E-state index contributed by atoms with van der Waals surface area (Å²) >= 11 is 6.99. The number of hydrogen-bond donors (Lipinski definition) is 1. The minimum absolute atomic E-state index is 0.624. The average Bonchev–Trinajstić information content (AvgIpc) is 2.71. The average molecular weight is 414 g/mol. The third-order valence-corrected chi connectivity index (χ3v) is 4.77. The Morgan fingerprint density at radius 3 is 2.29 bits per heavy atom. The van der Waals surface area contributed by atoms with Crippen molar-refractivity contribution in [1.82, 2.24) is 0 Å². The molecule has 3 nitrogen and oxygen atoms in total. The van der Waals surface area contributed by atoms with Crippen LogP contribution in [0.2, 0.25) is 0 Å². The van der Waals surface area contributed by atoms with Crippen LogP contribution in [0.5, 0.6) is 11.5 Å². The number of rotatable bonds is 2. The van der Waals surface area contributed by atoms with Gasteiger partial charge in [0.2, 0.25) is 0 Å². The Hall–Kier alpha value is -1.04. The second-order valence-electron chi connectivity index (χ2n) is 4.79. The van der Waals surface area contributed by atoms with E-state index < -0.39 is 6.10 Å². The van der Waals surface area contributed by atoms with Crippen molar-refractivity contribution >= 4 is 31.9 Å². The first-order valence-corrected chi connectivity index (χ1v) is 8.27. The molecule has 0 saturated carbocycles. The molecule has 0 amide bonds. The molecule has 110 valence electrons. The van der Waals surface area contributed by atoms with Crippen LogP contribution in [0.3, 0.4) is 0 Å². The summed E-state index contributed by atoms with van der Waals surface area (Å²) in [4.78, 5) is 0. The Morgan fingerprint density at radius 2 is 1.57 bits per heavy atom. The third-order valence-electron chi connectivity index (χ3n) is 3.36. The van der Waals surface area contributed by atoms with E-state index in [1.807, 2.05) is 36.4 Å². The van der Waals surface area contributed by atoms with E-state index >= 15 is 0 Å². The fourth-order valence-electron chi connectivity index (χ4n) is 2.27. The monoisotopic (exact) mass is 412 g/mol. The highest BCUT2D eigenvalue weighted by molar-refractivity contribution is 9.10. The molecule has 1 unspecified atom stereocenters. The Morgan fingerprint density at radius 1 is 0.905 bits per heavy atom. The lowest BCUT2D eigenvalue weighted by Crippen LogP contribution is -2.03. The van der Waals surface area contributed by atoms with Crippen molar-refractivity contribution in [1.29, 1.82) is 0 Å². The molecular weight excluding hydrogens is 400 g/mol. The molecule has 21 heavy (non-hydrogen) atoms. The number of ether oxygens (including phenoxy) is 2. The van der Waals surface area contributed by atoms with E-state index in [1.54, 1.807) is 0 Å². The first kappa shape index (κ1) is 14.9. The quantitative estimate of drug-likeness (QED) is 0.790. The zero-order valence-electron chi connectivity index (χ0n) is 11.2. The van der Waals surface area contributed by atoms with Gasteiger partial charge in [0.1, 0.15) is 6.10 Å². The van der Waals surface area contributed by atoms with Crippen molar-refractivity contribution in [2.45, 2.75) is 12.5 Å². The molecule has 0 aromatic heterocycles. The number of fused-ring (bicyclic) bond motifs is 1. The largest absolute Gasteiger partial charge is 0.490 e. The van der Waals surface area contributed by atoms with Crippen LogP contribution in [0.4, 0.5) is 0 Å². The summed E-state index contributed by atoms with van der Waals surface area (Å²) < 4.78 is 13.0. The zero-order chi connectivity index (χ0) is 14.8. The van der Waals surface area contributed by atoms with E-state index in [-0.39, 0.29) is 0 Å². The summed E-state index contributed by atoms with van der Waals surface area (Å²) in [6, 6.07) is 11.3. The topological polar surface area (TPSA) is 38.7 Å². The smallest absolute Gasteiger partial charge is 0.162 e. The summed E-state index contributed by atoms with van der Waals surface area (Å²) in [5.41, 5.74) is 1.57. The van der Waals surface area contributed by atoms with Gasteiger partial charge >= 0.3 is 0 Å². The minimum Gasteiger partial charge on any atom is -0.490 e. The molecule has 5 heteroatoms. The predicted molar refractivity (Wildman–Crippen MR) is 88.0 cm³/mol. The lowest BCUT2D eigenvalue weighted by Gasteiger charge is -2.17. The van der Waals surface area contributed by atoms with E-state index in [9.17, 15) is 5.11 Å². The molecule has 0 aliphatic carbocycles. The molecule has 0 saturated heterocycles. The van der Waals surface area contributed by atoms with Crippen LogP contribution < -0.4 is 9.47 Å². The van der Waals surface area contributed by atoms with Crippen LogP contribution in [-0.2, 0) is 0 Å². The maximum absolute atomic E-state index is 10.7. The lowest BCUT2D eigenvalue weighted by atomic mass is 10.0. The second-order valence-corrected chi connectivity index (χ2v) is 6.50. The Balaban J connectivity index is 2.02. The molecular formula is C16H14Br2O3. The Kier molecular flexibility index (Phi) is 4.52. The van der Waals surface area contributed by atoms with Crippen LogP contribution in [-0.4, -0.2) is 18.3 Å². The number of hydrogen-bond acceptors (Lipinski definition) is 3. The van der Waals surface area contributed by atoms with Crippen LogP contribution in [0.1, 0.15) is 23.7 Å². The fraction of sp³-hybridized carbons (Fsp3) is 0.250. The van der Waals surface area contributed by atoms with Crippen LogP contribution in [0, 0.1) is 0 Å². The summed E-state index contributed by atoms with van der Waals surface area (Å²) in [5.74, 6) is 1.39. The minimum atomic E-state index is -0.743. The number of aliphatic hydroxyl groups excluding tert-OH is 1. The molecule has 1 atom stereocenters. The molecule has 2 aromatic carbocycles. The van der Waals surface area contributed by atoms with Gasteiger partial charge in [-0.05, 0) is 23.8 Å². The van der Waals surface area contributed by atoms with Crippen LogP contribution in [0.15, 0.2) is 45.3 Å². The number of aliphatic hydroxyl groups is 1. The van der Waals surface area contributed by atoms with Gasteiger partial charge in [-0.15, -0.1) is 0 Å². The van der Waals surface area contributed by atoms with E-state index in [4.69, 9.17) is 9.47 Å². The molecule has 0 radical (unpaired) electrons. The zero-order valence-corrected chi connectivity index (χ0v) is 14.4. The number of benzene rings is 2. The van der Waals surface area contributed by atoms with E-state index in [1.165, 1.54) is 0 Å². The SMILES string of the molecule is OC(c1ccccc1Br)c1cc2c(cc1Br)OCCCO2. The lowest BCUT2D eigenvalue weighted by molar-refractivity contribution is 0.217. The summed E-state index contributed by atoms with van der Waals surface area (Å²) in [6.07, 6.45) is 0.112.